The van der Waals surface area contributed by atoms with Crippen molar-refractivity contribution >= 4 is 28.4 Å². The fraction of sp³-hybridized carbons (Fsp3) is 0.231. The van der Waals surface area contributed by atoms with Gasteiger partial charge in [-0.25, -0.2) is 9.97 Å². The molecule has 0 fully saturated rings. The van der Waals surface area contributed by atoms with E-state index in [1.807, 2.05) is 25.1 Å². The molecule has 0 bridgehead atoms. The molecule has 0 saturated heterocycles. The van der Waals surface area contributed by atoms with E-state index in [1.54, 1.807) is 0 Å². The summed E-state index contributed by atoms with van der Waals surface area (Å²) in [6.07, 6.45) is 0. The first-order valence-corrected chi connectivity index (χ1v) is 6.63. The van der Waals surface area contributed by atoms with E-state index in [2.05, 4.69) is 56.9 Å². The zero-order valence-electron chi connectivity index (χ0n) is 9.87. The number of nitrogens with one attached hydrogen (secondary N) is 1. The molecular weight excluding hydrogens is 325 g/mol. The normalized spacial score (nSPS) is 10.3. The van der Waals surface area contributed by atoms with Gasteiger partial charge in [0.05, 0.1) is 9.26 Å². The number of halogens is 1. The quantitative estimate of drug-likeness (QED) is 0.870. The van der Waals surface area contributed by atoms with Gasteiger partial charge in [-0.1, -0.05) is 30.3 Å². The number of hydrogen-bond acceptors (Lipinski definition) is 3. The van der Waals surface area contributed by atoms with Crippen molar-refractivity contribution in [2.45, 2.75) is 13.8 Å². The molecule has 0 saturated carbocycles. The Morgan fingerprint density at radius 3 is 2.53 bits per heavy atom. The van der Waals surface area contributed by atoms with Crippen LogP contribution in [0.4, 0.5) is 5.82 Å². The van der Waals surface area contributed by atoms with Gasteiger partial charge in [-0.3, -0.25) is 0 Å². The van der Waals surface area contributed by atoms with Crippen LogP contribution in [0.2, 0.25) is 0 Å². The summed E-state index contributed by atoms with van der Waals surface area (Å²) in [5, 5.41) is 3.27. The van der Waals surface area contributed by atoms with Crippen molar-refractivity contribution in [3.8, 4) is 11.3 Å². The van der Waals surface area contributed by atoms with Gasteiger partial charge < -0.3 is 5.32 Å². The highest BCUT2D eigenvalue weighted by molar-refractivity contribution is 14.1. The lowest BCUT2D eigenvalue weighted by molar-refractivity contribution is 1.03. The van der Waals surface area contributed by atoms with Crippen molar-refractivity contribution < 1.29 is 0 Å². The summed E-state index contributed by atoms with van der Waals surface area (Å²) in [6.45, 7) is 4.85. The van der Waals surface area contributed by atoms with E-state index in [-0.39, 0.29) is 0 Å². The van der Waals surface area contributed by atoms with Crippen molar-refractivity contribution in [1.29, 1.82) is 0 Å². The summed E-state index contributed by atoms with van der Waals surface area (Å²) in [4.78, 5) is 8.95. The molecule has 0 atom stereocenters. The van der Waals surface area contributed by atoms with Crippen LogP contribution in [0, 0.1) is 10.5 Å². The van der Waals surface area contributed by atoms with Crippen molar-refractivity contribution in [3.63, 3.8) is 0 Å². The minimum absolute atomic E-state index is 0.792. The van der Waals surface area contributed by atoms with Crippen LogP contribution in [0.15, 0.2) is 30.3 Å². The molecule has 2 rings (SSSR count). The molecule has 4 heteroatoms. The van der Waals surface area contributed by atoms with Crippen LogP contribution in [0.25, 0.3) is 11.3 Å². The van der Waals surface area contributed by atoms with Crippen LogP contribution in [0.3, 0.4) is 0 Å². The SMILES string of the molecule is CCNc1nc(C)nc(-c2ccccc2)c1I. The zero-order valence-corrected chi connectivity index (χ0v) is 12.0. The fourth-order valence-corrected chi connectivity index (χ4v) is 2.37. The maximum atomic E-state index is 4.53. The monoisotopic (exact) mass is 339 g/mol. The molecule has 3 nitrogen and oxygen atoms in total. The highest BCUT2D eigenvalue weighted by Gasteiger charge is 2.11. The number of aryl methyl sites for hydroxylation is 1. The zero-order chi connectivity index (χ0) is 12.3. The molecule has 88 valence electrons. The van der Waals surface area contributed by atoms with E-state index in [1.165, 1.54) is 0 Å². The molecule has 2 aromatic rings. The molecule has 1 aromatic heterocycles. The smallest absolute Gasteiger partial charge is 0.143 e. The van der Waals surface area contributed by atoms with E-state index >= 15 is 0 Å². The van der Waals surface area contributed by atoms with Gasteiger partial charge in [-0.2, -0.15) is 0 Å². The van der Waals surface area contributed by atoms with E-state index in [0.29, 0.717) is 0 Å². The van der Waals surface area contributed by atoms with Crippen LogP contribution >= 0.6 is 22.6 Å². The third kappa shape index (κ3) is 2.74. The first-order chi connectivity index (χ1) is 8.22. The number of hydrogen-bond donors (Lipinski definition) is 1. The summed E-state index contributed by atoms with van der Waals surface area (Å²) in [7, 11) is 0. The minimum Gasteiger partial charge on any atom is -0.369 e. The van der Waals surface area contributed by atoms with Crippen molar-refractivity contribution in [2.75, 3.05) is 11.9 Å². The average molecular weight is 339 g/mol. The van der Waals surface area contributed by atoms with Crippen LogP contribution < -0.4 is 5.32 Å². The molecule has 0 radical (unpaired) electrons. The average Bonchev–Trinajstić information content (AvgIpc) is 2.35. The van der Waals surface area contributed by atoms with Crippen LogP contribution in [-0.2, 0) is 0 Å². The number of rotatable bonds is 3. The van der Waals surface area contributed by atoms with Crippen molar-refractivity contribution in [3.05, 3.63) is 39.7 Å². The van der Waals surface area contributed by atoms with E-state index in [9.17, 15) is 0 Å². The molecule has 17 heavy (non-hydrogen) atoms. The molecule has 0 spiro atoms. The number of aromatic nitrogens is 2. The Labute approximate surface area is 115 Å². The lowest BCUT2D eigenvalue weighted by Gasteiger charge is -2.10. The Morgan fingerprint density at radius 2 is 1.88 bits per heavy atom. The van der Waals surface area contributed by atoms with E-state index in [0.717, 1.165) is 33.0 Å². The standard InChI is InChI=1S/C13H14IN3/c1-3-15-13-11(14)12(16-9(2)17-13)10-7-5-4-6-8-10/h4-8H,3H2,1-2H3,(H,15,16,17). The molecule has 0 amide bonds. The van der Waals surface area contributed by atoms with Gasteiger partial charge in [-0.05, 0) is 36.4 Å². The molecule has 1 N–H and O–H groups in total. The van der Waals surface area contributed by atoms with E-state index in [4.69, 9.17) is 0 Å². The lowest BCUT2D eigenvalue weighted by Crippen LogP contribution is -2.06. The van der Waals surface area contributed by atoms with E-state index < -0.39 is 0 Å². The molecule has 0 aliphatic rings. The van der Waals surface area contributed by atoms with Gasteiger partial charge in [0.25, 0.3) is 0 Å². The summed E-state index contributed by atoms with van der Waals surface area (Å²) >= 11 is 2.30. The lowest BCUT2D eigenvalue weighted by atomic mass is 10.1. The van der Waals surface area contributed by atoms with Gasteiger partial charge in [0, 0.05) is 12.1 Å². The first kappa shape index (κ1) is 12.3. The van der Waals surface area contributed by atoms with Gasteiger partial charge >= 0.3 is 0 Å². The molecular formula is C13H14IN3. The van der Waals surface area contributed by atoms with Gasteiger partial charge in [0.2, 0.25) is 0 Å². The Kier molecular flexibility index (Phi) is 3.93. The Morgan fingerprint density at radius 1 is 1.18 bits per heavy atom. The first-order valence-electron chi connectivity index (χ1n) is 5.55. The third-order valence-corrected chi connectivity index (χ3v) is 3.38. The molecule has 1 aromatic carbocycles. The second-order valence-electron chi connectivity index (χ2n) is 3.68. The van der Waals surface area contributed by atoms with Crippen LogP contribution in [-0.4, -0.2) is 16.5 Å². The second-order valence-corrected chi connectivity index (χ2v) is 4.76. The highest BCUT2D eigenvalue weighted by Crippen LogP contribution is 2.27. The molecule has 0 aliphatic heterocycles. The maximum absolute atomic E-state index is 4.53. The number of anilines is 1. The predicted molar refractivity (Wildman–Crippen MR) is 79.1 cm³/mol. The third-order valence-electron chi connectivity index (χ3n) is 2.35. The van der Waals surface area contributed by atoms with Crippen molar-refractivity contribution in [2.24, 2.45) is 0 Å². The minimum atomic E-state index is 0.792. The van der Waals surface area contributed by atoms with Gasteiger partial charge in [0.15, 0.2) is 0 Å². The van der Waals surface area contributed by atoms with Gasteiger partial charge in [0.1, 0.15) is 11.6 Å². The van der Waals surface area contributed by atoms with Crippen LogP contribution in [0.1, 0.15) is 12.7 Å². The molecule has 1 heterocycles. The summed E-state index contributed by atoms with van der Waals surface area (Å²) in [6, 6.07) is 10.2. The Hall–Kier alpha value is -1.17. The van der Waals surface area contributed by atoms with Crippen LogP contribution in [0.5, 0.6) is 0 Å². The summed E-state index contributed by atoms with van der Waals surface area (Å²) in [5.74, 6) is 1.71. The molecule has 0 aliphatic carbocycles. The fourth-order valence-electron chi connectivity index (χ4n) is 1.63. The van der Waals surface area contributed by atoms with Gasteiger partial charge in [-0.15, -0.1) is 0 Å². The number of nitrogens with zero attached hydrogens (tertiary/aromatic N) is 2. The highest BCUT2D eigenvalue weighted by atomic mass is 127. The largest absolute Gasteiger partial charge is 0.369 e. The summed E-state index contributed by atoms with van der Waals surface area (Å²) in [5.41, 5.74) is 2.12. The Bertz CT molecular complexity index is 512. The predicted octanol–water partition coefficient (Wildman–Crippen LogP) is 3.49. The number of benzene rings is 1. The Balaban J connectivity index is 2.54. The summed E-state index contributed by atoms with van der Waals surface area (Å²) < 4.78 is 1.07. The molecule has 0 unspecified atom stereocenters. The maximum Gasteiger partial charge on any atom is 0.143 e. The van der Waals surface area contributed by atoms with Crippen molar-refractivity contribution in [1.82, 2.24) is 9.97 Å². The topological polar surface area (TPSA) is 37.8 Å². The second kappa shape index (κ2) is 5.44.